The Hall–Kier alpha value is -0.750. The highest BCUT2D eigenvalue weighted by Gasteiger charge is 2.26. The Labute approximate surface area is 112 Å². The normalized spacial score (nSPS) is 21.4. The monoisotopic (exact) mass is 274 g/mol. The lowest BCUT2D eigenvalue weighted by atomic mass is 10.0. The van der Waals surface area contributed by atoms with Crippen molar-refractivity contribution >= 4 is 23.6 Å². The number of ether oxygens (including phenoxy) is 1. The van der Waals surface area contributed by atoms with Gasteiger partial charge in [0.05, 0.1) is 7.11 Å². The molecule has 0 saturated carbocycles. The summed E-state index contributed by atoms with van der Waals surface area (Å²) in [4.78, 5) is 23.4. The van der Waals surface area contributed by atoms with Crippen molar-refractivity contribution in [1.29, 1.82) is 0 Å². The fourth-order valence-corrected chi connectivity index (χ4v) is 2.78. The van der Waals surface area contributed by atoms with Gasteiger partial charge >= 0.3 is 5.97 Å². The van der Waals surface area contributed by atoms with Crippen molar-refractivity contribution in [3.05, 3.63) is 0 Å². The summed E-state index contributed by atoms with van der Waals surface area (Å²) in [7, 11) is 1.34. The molecule has 1 unspecified atom stereocenters. The molecule has 1 heterocycles. The largest absolute Gasteiger partial charge is 0.467 e. The van der Waals surface area contributed by atoms with E-state index in [4.69, 9.17) is 4.74 Å². The highest BCUT2D eigenvalue weighted by molar-refractivity contribution is 7.99. The van der Waals surface area contributed by atoms with Gasteiger partial charge in [0.25, 0.3) is 0 Å². The van der Waals surface area contributed by atoms with Gasteiger partial charge in [-0.05, 0) is 5.92 Å². The minimum Gasteiger partial charge on any atom is -0.467 e. The lowest BCUT2D eigenvalue weighted by Gasteiger charge is -2.24. The van der Waals surface area contributed by atoms with Crippen LogP contribution in [0.1, 0.15) is 20.3 Å². The first-order valence-electron chi connectivity index (χ1n) is 6.23. The van der Waals surface area contributed by atoms with E-state index < -0.39 is 6.04 Å². The van der Waals surface area contributed by atoms with Crippen molar-refractivity contribution in [1.82, 2.24) is 10.6 Å². The molecule has 104 valence electrons. The highest BCUT2D eigenvalue weighted by Crippen LogP contribution is 2.11. The summed E-state index contributed by atoms with van der Waals surface area (Å²) >= 11 is 1.85. The first-order valence-corrected chi connectivity index (χ1v) is 7.38. The smallest absolute Gasteiger partial charge is 0.328 e. The van der Waals surface area contributed by atoms with E-state index in [9.17, 15) is 9.59 Å². The van der Waals surface area contributed by atoms with Crippen molar-refractivity contribution in [3.8, 4) is 0 Å². The molecule has 18 heavy (non-hydrogen) atoms. The Morgan fingerprint density at radius 3 is 2.72 bits per heavy atom. The minimum absolute atomic E-state index is 0.0232. The Bertz CT molecular complexity index is 291. The Balaban J connectivity index is 2.42. The number of hydrogen-bond donors (Lipinski definition) is 2. The molecule has 1 amide bonds. The molecular weight excluding hydrogens is 252 g/mol. The van der Waals surface area contributed by atoms with E-state index >= 15 is 0 Å². The van der Waals surface area contributed by atoms with Gasteiger partial charge in [-0.3, -0.25) is 4.79 Å². The first kappa shape index (κ1) is 15.3. The zero-order valence-electron chi connectivity index (χ0n) is 11.2. The molecule has 1 aliphatic rings. The highest BCUT2D eigenvalue weighted by atomic mass is 32.2. The van der Waals surface area contributed by atoms with Gasteiger partial charge in [-0.2, -0.15) is 11.8 Å². The van der Waals surface area contributed by atoms with Gasteiger partial charge in [-0.1, -0.05) is 13.8 Å². The van der Waals surface area contributed by atoms with E-state index in [0.717, 1.165) is 18.1 Å². The van der Waals surface area contributed by atoms with Gasteiger partial charge in [0, 0.05) is 30.5 Å². The summed E-state index contributed by atoms with van der Waals surface area (Å²) in [5, 5.41) is 6.05. The number of nitrogens with one attached hydrogen (secondary N) is 2. The van der Waals surface area contributed by atoms with Crippen molar-refractivity contribution < 1.29 is 14.3 Å². The van der Waals surface area contributed by atoms with Crippen LogP contribution in [0, 0.1) is 5.92 Å². The Morgan fingerprint density at radius 2 is 2.22 bits per heavy atom. The number of hydrogen-bond acceptors (Lipinski definition) is 5. The standard InChI is InChI=1S/C12H22N2O3S/c1-8(2)11(12(16)17-3)14-10(15)6-9-7-18-5-4-13-9/h8-9,11,13H,4-7H2,1-3H3,(H,14,15)/t9?,11-/m1/s1. The van der Waals surface area contributed by atoms with Crippen LogP contribution in [0.15, 0.2) is 0 Å². The molecule has 0 spiro atoms. The molecule has 6 heteroatoms. The van der Waals surface area contributed by atoms with E-state index in [2.05, 4.69) is 10.6 Å². The summed E-state index contributed by atoms with van der Waals surface area (Å²) in [5.74, 6) is 1.57. The number of thioether (sulfide) groups is 1. The molecule has 1 rings (SSSR count). The molecule has 0 bridgehead atoms. The fourth-order valence-electron chi connectivity index (χ4n) is 1.83. The van der Waals surface area contributed by atoms with Crippen LogP contribution in [0.4, 0.5) is 0 Å². The lowest BCUT2D eigenvalue weighted by Crippen LogP contribution is -2.48. The molecule has 1 aliphatic heterocycles. The van der Waals surface area contributed by atoms with E-state index in [0.29, 0.717) is 6.42 Å². The number of carbonyl (C=O) groups excluding carboxylic acids is 2. The van der Waals surface area contributed by atoms with Gasteiger partial charge in [0.15, 0.2) is 0 Å². The van der Waals surface area contributed by atoms with Crippen molar-refractivity contribution in [3.63, 3.8) is 0 Å². The van der Waals surface area contributed by atoms with E-state index in [1.54, 1.807) is 0 Å². The first-order chi connectivity index (χ1) is 8.54. The second kappa shape index (κ2) is 7.63. The third-order valence-electron chi connectivity index (χ3n) is 2.87. The average molecular weight is 274 g/mol. The van der Waals surface area contributed by atoms with E-state index in [1.165, 1.54) is 7.11 Å². The lowest BCUT2D eigenvalue weighted by molar-refractivity contribution is -0.146. The second-order valence-corrected chi connectivity index (χ2v) is 5.89. The van der Waals surface area contributed by atoms with Crippen LogP contribution in [-0.2, 0) is 14.3 Å². The number of esters is 1. The van der Waals surface area contributed by atoms with Crippen LogP contribution in [0.25, 0.3) is 0 Å². The summed E-state index contributed by atoms with van der Waals surface area (Å²) < 4.78 is 4.69. The maximum Gasteiger partial charge on any atom is 0.328 e. The Kier molecular flexibility index (Phi) is 6.49. The molecule has 0 aromatic carbocycles. The van der Waals surface area contributed by atoms with Gasteiger partial charge in [0.1, 0.15) is 6.04 Å². The topological polar surface area (TPSA) is 67.4 Å². The van der Waals surface area contributed by atoms with Gasteiger partial charge in [-0.15, -0.1) is 0 Å². The predicted octanol–water partition coefficient (Wildman–Crippen LogP) is 0.395. The molecule has 1 saturated heterocycles. The average Bonchev–Trinajstić information content (AvgIpc) is 2.36. The molecular formula is C12H22N2O3S. The van der Waals surface area contributed by atoms with Crippen LogP contribution in [0.5, 0.6) is 0 Å². The van der Waals surface area contributed by atoms with E-state index in [-0.39, 0.29) is 23.8 Å². The summed E-state index contributed by atoms with van der Waals surface area (Å²) in [6, 6.07) is -0.354. The zero-order valence-corrected chi connectivity index (χ0v) is 12.0. The van der Waals surface area contributed by atoms with Crippen LogP contribution in [-0.4, -0.2) is 49.1 Å². The third kappa shape index (κ3) is 4.86. The predicted molar refractivity (Wildman–Crippen MR) is 72.5 cm³/mol. The van der Waals surface area contributed by atoms with Gasteiger partial charge < -0.3 is 15.4 Å². The Morgan fingerprint density at radius 1 is 1.50 bits per heavy atom. The number of methoxy groups -OCH3 is 1. The molecule has 0 radical (unpaired) electrons. The van der Waals surface area contributed by atoms with Crippen molar-refractivity contribution in [2.75, 3.05) is 25.2 Å². The fraction of sp³-hybridized carbons (Fsp3) is 0.833. The molecule has 0 aliphatic carbocycles. The maximum atomic E-state index is 11.9. The van der Waals surface area contributed by atoms with Gasteiger partial charge in [0.2, 0.25) is 5.91 Å². The molecule has 2 atom stereocenters. The van der Waals surface area contributed by atoms with Crippen LogP contribution in [0.3, 0.4) is 0 Å². The van der Waals surface area contributed by atoms with Crippen LogP contribution >= 0.6 is 11.8 Å². The van der Waals surface area contributed by atoms with Crippen LogP contribution in [0.2, 0.25) is 0 Å². The number of carbonyl (C=O) groups is 2. The minimum atomic E-state index is -0.557. The van der Waals surface area contributed by atoms with Gasteiger partial charge in [-0.25, -0.2) is 4.79 Å². The molecule has 1 fully saturated rings. The number of rotatable bonds is 5. The quantitative estimate of drug-likeness (QED) is 0.710. The molecule has 2 N–H and O–H groups in total. The molecule has 5 nitrogen and oxygen atoms in total. The molecule has 0 aromatic rings. The molecule has 0 aromatic heterocycles. The van der Waals surface area contributed by atoms with E-state index in [1.807, 2.05) is 25.6 Å². The summed E-state index contributed by atoms with van der Waals surface area (Å²) in [5.41, 5.74) is 0. The zero-order chi connectivity index (χ0) is 13.5. The van der Waals surface area contributed by atoms with Crippen molar-refractivity contribution in [2.24, 2.45) is 5.92 Å². The maximum absolute atomic E-state index is 11.9. The van der Waals surface area contributed by atoms with Crippen LogP contribution < -0.4 is 10.6 Å². The number of amides is 1. The third-order valence-corrected chi connectivity index (χ3v) is 4.00. The SMILES string of the molecule is COC(=O)[C@H](NC(=O)CC1CSCCN1)C(C)C. The summed E-state index contributed by atoms with van der Waals surface area (Å²) in [6.07, 6.45) is 0.410. The second-order valence-electron chi connectivity index (χ2n) is 4.74. The van der Waals surface area contributed by atoms with Crippen molar-refractivity contribution in [2.45, 2.75) is 32.4 Å². The summed E-state index contributed by atoms with van der Waals surface area (Å²) in [6.45, 7) is 4.71.